The van der Waals surface area contributed by atoms with Crippen molar-refractivity contribution in [3.8, 4) is 0 Å². The Morgan fingerprint density at radius 1 is 1.22 bits per heavy atom. The van der Waals surface area contributed by atoms with Crippen molar-refractivity contribution in [2.24, 2.45) is 5.92 Å². The molecule has 0 amide bonds. The molecular weight excluding hydrogens is 241 g/mol. The second-order valence-corrected chi connectivity index (χ2v) is 7.24. The van der Waals surface area contributed by atoms with E-state index in [0.29, 0.717) is 0 Å². The molecule has 0 spiro atoms. The van der Waals surface area contributed by atoms with Gasteiger partial charge in [0.15, 0.2) is 0 Å². The van der Waals surface area contributed by atoms with Gasteiger partial charge >= 0.3 is 0 Å². The van der Waals surface area contributed by atoms with Crippen molar-refractivity contribution < 1.29 is 4.52 Å². The average Bonchev–Trinajstić information content (AvgIpc) is 2.43. The fraction of sp³-hybridized carbons (Fsp3) is 0.600. The predicted molar refractivity (Wildman–Crippen MR) is 79.7 cm³/mol. The Bertz CT molecular complexity index is 336. The topological polar surface area (TPSA) is 12.5 Å². The smallest absolute Gasteiger partial charge is 0.0599 e. The molecule has 0 aromatic heterocycles. The van der Waals surface area contributed by atoms with Gasteiger partial charge in [-0.25, -0.2) is 0 Å². The summed E-state index contributed by atoms with van der Waals surface area (Å²) in [4.78, 5) is 2.44. The Morgan fingerprint density at radius 3 is 2.50 bits per heavy atom. The Morgan fingerprint density at radius 2 is 1.89 bits per heavy atom. The molecule has 1 saturated heterocycles. The van der Waals surface area contributed by atoms with Crippen molar-refractivity contribution in [3.05, 3.63) is 30.3 Å². The lowest BCUT2D eigenvalue weighted by Gasteiger charge is -2.29. The molecule has 100 valence electrons. The molecule has 1 aromatic carbocycles. The quantitative estimate of drug-likeness (QED) is 0.759. The minimum atomic E-state index is -0.403. The lowest BCUT2D eigenvalue weighted by molar-refractivity contribution is 0.216. The first-order chi connectivity index (χ1) is 8.79. The minimum absolute atomic E-state index is 0.403. The fourth-order valence-electron chi connectivity index (χ4n) is 2.57. The number of rotatable bonds is 5. The molecule has 0 N–H and O–H groups in total. The SMILES string of the molecule is COP(CCC1CCN(C)CC1)c1ccccc1. The summed E-state index contributed by atoms with van der Waals surface area (Å²) in [7, 11) is 3.68. The van der Waals surface area contributed by atoms with E-state index >= 15 is 0 Å². The van der Waals surface area contributed by atoms with Gasteiger partial charge in [-0.2, -0.15) is 0 Å². The van der Waals surface area contributed by atoms with E-state index in [2.05, 4.69) is 42.3 Å². The van der Waals surface area contributed by atoms with Gasteiger partial charge < -0.3 is 9.42 Å². The summed E-state index contributed by atoms with van der Waals surface area (Å²) in [5.41, 5.74) is 0. The Kier molecular flexibility index (Phi) is 5.62. The number of piperidine rings is 1. The number of hydrogen-bond donors (Lipinski definition) is 0. The van der Waals surface area contributed by atoms with Crippen molar-refractivity contribution in [2.75, 3.05) is 33.4 Å². The van der Waals surface area contributed by atoms with Crippen LogP contribution in [0.15, 0.2) is 30.3 Å². The lowest BCUT2D eigenvalue weighted by atomic mass is 9.95. The first-order valence-electron chi connectivity index (χ1n) is 6.85. The molecule has 2 rings (SSSR count). The van der Waals surface area contributed by atoms with Gasteiger partial charge in [0.2, 0.25) is 0 Å². The van der Waals surface area contributed by atoms with E-state index in [1.165, 1.54) is 43.8 Å². The standard InChI is InChI=1S/C15H24NOP/c1-16-11-8-14(9-12-16)10-13-18(17-2)15-6-4-3-5-7-15/h3-7,14H,8-13H2,1-2H3. The van der Waals surface area contributed by atoms with Crippen LogP contribution in [0.4, 0.5) is 0 Å². The van der Waals surface area contributed by atoms with E-state index in [9.17, 15) is 0 Å². The van der Waals surface area contributed by atoms with Gasteiger partial charge in [-0.3, -0.25) is 0 Å². The van der Waals surface area contributed by atoms with E-state index in [-0.39, 0.29) is 0 Å². The van der Waals surface area contributed by atoms with Crippen LogP contribution >= 0.6 is 8.15 Å². The third-order valence-corrected chi connectivity index (χ3v) is 5.82. The monoisotopic (exact) mass is 265 g/mol. The van der Waals surface area contributed by atoms with Crippen molar-refractivity contribution in [1.29, 1.82) is 0 Å². The third-order valence-electron chi connectivity index (χ3n) is 3.84. The molecule has 3 heteroatoms. The zero-order chi connectivity index (χ0) is 12.8. The zero-order valence-corrected chi connectivity index (χ0v) is 12.4. The van der Waals surface area contributed by atoms with E-state index in [1.54, 1.807) is 0 Å². The lowest BCUT2D eigenvalue weighted by Crippen LogP contribution is -2.30. The highest BCUT2D eigenvalue weighted by Crippen LogP contribution is 2.37. The van der Waals surface area contributed by atoms with Crippen LogP contribution in [0.3, 0.4) is 0 Å². The van der Waals surface area contributed by atoms with Gasteiger partial charge in [0, 0.05) is 12.4 Å². The van der Waals surface area contributed by atoms with Crippen LogP contribution < -0.4 is 5.30 Å². The first kappa shape index (κ1) is 14.0. The minimum Gasteiger partial charge on any atom is -0.358 e. The summed E-state index contributed by atoms with van der Waals surface area (Å²) in [6.45, 7) is 2.53. The molecule has 0 radical (unpaired) electrons. The van der Waals surface area contributed by atoms with Gasteiger partial charge in [0.05, 0.1) is 8.15 Å². The maximum Gasteiger partial charge on any atom is 0.0599 e. The Balaban J connectivity index is 1.81. The molecule has 18 heavy (non-hydrogen) atoms. The van der Waals surface area contributed by atoms with E-state index in [1.807, 2.05) is 7.11 Å². The van der Waals surface area contributed by atoms with Crippen LogP contribution in [0, 0.1) is 5.92 Å². The Labute approximate surface area is 112 Å². The highest BCUT2D eigenvalue weighted by atomic mass is 31.1. The maximum atomic E-state index is 5.70. The van der Waals surface area contributed by atoms with E-state index < -0.39 is 8.15 Å². The van der Waals surface area contributed by atoms with Crippen molar-refractivity contribution in [1.82, 2.24) is 4.90 Å². The van der Waals surface area contributed by atoms with Crippen LogP contribution in [0.5, 0.6) is 0 Å². The molecule has 1 aliphatic rings. The van der Waals surface area contributed by atoms with Crippen LogP contribution in [0.25, 0.3) is 0 Å². The summed E-state index contributed by atoms with van der Waals surface area (Å²) in [6, 6.07) is 10.7. The van der Waals surface area contributed by atoms with Crippen molar-refractivity contribution >= 4 is 13.5 Å². The second kappa shape index (κ2) is 7.23. The fourth-order valence-corrected chi connectivity index (χ4v) is 4.33. The molecule has 0 aliphatic carbocycles. The highest BCUT2D eigenvalue weighted by molar-refractivity contribution is 7.60. The van der Waals surface area contributed by atoms with Crippen LogP contribution in [-0.4, -0.2) is 38.3 Å². The number of benzene rings is 1. The van der Waals surface area contributed by atoms with Crippen molar-refractivity contribution in [2.45, 2.75) is 19.3 Å². The number of nitrogens with zero attached hydrogens (tertiary/aromatic N) is 1. The van der Waals surface area contributed by atoms with E-state index in [0.717, 1.165) is 5.92 Å². The number of hydrogen-bond acceptors (Lipinski definition) is 2. The van der Waals surface area contributed by atoms with Gasteiger partial charge in [0.1, 0.15) is 0 Å². The number of likely N-dealkylation sites (tertiary alicyclic amines) is 1. The second-order valence-electron chi connectivity index (χ2n) is 5.16. The molecule has 0 saturated carbocycles. The zero-order valence-electron chi connectivity index (χ0n) is 11.5. The average molecular weight is 265 g/mol. The van der Waals surface area contributed by atoms with Crippen LogP contribution in [0.2, 0.25) is 0 Å². The maximum absolute atomic E-state index is 5.70. The van der Waals surface area contributed by atoms with Crippen molar-refractivity contribution in [3.63, 3.8) is 0 Å². The molecule has 0 bridgehead atoms. The molecule has 1 atom stereocenters. The predicted octanol–water partition coefficient (Wildman–Crippen LogP) is 3.09. The largest absolute Gasteiger partial charge is 0.358 e. The van der Waals surface area contributed by atoms with Crippen LogP contribution in [-0.2, 0) is 4.52 Å². The first-order valence-corrected chi connectivity index (χ1v) is 8.29. The Hall–Kier alpha value is -0.430. The molecule has 1 aromatic rings. The molecule has 1 heterocycles. The summed E-state index contributed by atoms with van der Waals surface area (Å²) in [5, 5.41) is 1.38. The summed E-state index contributed by atoms with van der Waals surface area (Å²) in [5.74, 6) is 0.907. The summed E-state index contributed by atoms with van der Waals surface area (Å²) >= 11 is 0. The van der Waals surface area contributed by atoms with Gasteiger partial charge in [0.25, 0.3) is 0 Å². The molecule has 1 fully saturated rings. The van der Waals surface area contributed by atoms with Gasteiger partial charge in [-0.1, -0.05) is 30.3 Å². The summed E-state index contributed by atoms with van der Waals surface area (Å²) < 4.78 is 5.70. The molecule has 1 unspecified atom stereocenters. The van der Waals surface area contributed by atoms with Gasteiger partial charge in [-0.15, -0.1) is 0 Å². The molecule has 2 nitrogen and oxygen atoms in total. The highest BCUT2D eigenvalue weighted by Gasteiger charge is 2.19. The van der Waals surface area contributed by atoms with E-state index in [4.69, 9.17) is 4.52 Å². The van der Waals surface area contributed by atoms with Crippen LogP contribution in [0.1, 0.15) is 19.3 Å². The summed E-state index contributed by atoms with van der Waals surface area (Å²) in [6.07, 6.45) is 5.25. The normalized spacial score (nSPS) is 19.9. The van der Waals surface area contributed by atoms with Gasteiger partial charge in [-0.05, 0) is 51.5 Å². The molecule has 1 aliphatic heterocycles. The molecular formula is C15H24NOP. The third kappa shape index (κ3) is 4.05.